The van der Waals surface area contributed by atoms with Gasteiger partial charge in [-0.3, -0.25) is 19.4 Å². The smallest absolute Gasteiger partial charge is 0.270 e. The highest BCUT2D eigenvalue weighted by molar-refractivity contribution is 5.98. The molecule has 1 aliphatic heterocycles. The quantitative estimate of drug-likeness (QED) is 0.865. The minimum atomic E-state index is -0.416. The number of halogens is 1. The number of carbonyl (C=O) groups is 3. The van der Waals surface area contributed by atoms with E-state index in [4.69, 9.17) is 0 Å². The van der Waals surface area contributed by atoms with Crippen LogP contribution in [0.1, 0.15) is 33.3 Å². The first-order valence-electron chi connectivity index (χ1n) is 8.97. The SMILES string of the molecule is CC(=O)N1CCN(C(=O)c2ccnc(C(=O)NCc3ccc(F)cc3)c2)CC1. The van der Waals surface area contributed by atoms with E-state index in [1.807, 2.05) is 0 Å². The summed E-state index contributed by atoms with van der Waals surface area (Å²) < 4.78 is 12.9. The molecular formula is C20H21FN4O3. The molecule has 3 amide bonds. The molecule has 2 aromatic rings. The molecule has 0 unspecified atom stereocenters. The van der Waals surface area contributed by atoms with Crippen molar-refractivity contribution < 1.29 is 18.8 Å². The average Bonchev–Trinajstić information content (AvgIpc) is 2.72. The minimum Gasteiger partial charge on any atom is -0.347 e. The molecule has 1 saturated heterocycles. The summed E-state index contributed by atoms with van der Waals surface area (Å²) in [4.78, 5) is 43.8. The molecule has 8 heteroatoms. The van der Waals surface area contributed by atoms with Gasteiger partial charge in [0.2, 0.25) is 5.91 Å². The largest absolute Gasteiger partial charge is 0.347 e. The molecule has 0 spiro atoms. The van der Waals surface area contributed by atoms with Crippen LogP contribution in [0.3, 0.4) is 0 Å². The fourth-order valence-corrected chi connectivity index (χ4v) is 2.97. The van der Waals surface area contributed by atoms with Gasteiger partial charge in [-0.2, -0.15) is 0 Å². The van der Waals surface area contributed by atoms with Gasteiger partial charge in [0.1, 0.15) is 11.5 Å². The van der Waals surface area contributed by atoms with Crippen LogP contribution in [0, 0.1) is 5.82 Å². The molecule has 0 atom stereocenters. The summed E-state index contributed by atoms with van der Waals surface area (Å²) in [6.07, 6.45) is 1.42. The topological polar surface area (TPSA) is 82.6 Å². The van der Waals surface area contributed by atoms with Crippen LogP contribution < -0.4 is 5.32 Å². The van der Waals surface area contributed by atoms with E-state index >= 15 is 0 Å². The molecule has 146 valence electrons. The number of hydrogen-bond donors (Lipinski definition) is 1. The average molecular weight is 384 g/mol. The van der Waals surface area contributed by atoms with Crippen molar-refractivity contribution >= 4 is 17.7 Å². The van der Waals surface area contributed by atoms with Gasteiger partial charge in [0.05, 0.1) is 0 Å². The summed E-state index contributed by atoms with van der Waals surface area (Å²) in [5.41, 5.74) is 1.26. The van der Waals surface area contributed by atoms with Crippen LogP contribution in [0.25, 0.3) is 0 Å². The monoisotopic (exact) mass is 384 g/mol. The number of rotatable bonds is 4. The van der Waals surface area contributed by atoms with E-state index in [0.717, 1.165) is 5.56 Å². The summed E-state index contributed by atoms with van der Waals surface area (Å²) in [6.45, 7) is 3.64. The highest BCUT2D eigenvalue weighted by Crippen LogP contribution is 2.10. The molecule has 0 aliphatic carbocycles. The third kappa shape index (κ3) is 4.70. The summed E-state index contributed by atoms with van der Waals surface area (Å²) >= 11 is 0. The Labute approximate surface area is 162 Å². The minimum absolute atomic E-state index is 0.00359. The number of hydrogen-bond acceptors (Lipinski definition) is 4. The third-order valence-electron chi connectivity index (χ3n) is 4.62. The van der Waals surface area contributed by atoms with Gasteiger partial charge >= 0.3 is 0 Å². The molecule has 0 radical (unpaired) electrons. The second kappa shape index (κ2) is 8.60. The van der Waals surface area contributed by atoms with E-state index in [0.29, 0.717) is 31.7 Å². The second-order valence-corrected chi connectivity index (χ2v) is 6.54. The molecule has 1 aromatic carbocycles. The Morgan fingerprint density at radius 3 is 2.32 bits per heavy atom. The zero-order chi connectivity index (χ0) is 20.1. The first-order chi connectivity index (χ1) is 13.4. The van der Waals surface area contributed by atoms with Crippen molar-refractivity contribution in [1.82, 2.24) is 20.1 Å². The fraction of sp³-hybridized carbons (Fsp3) is 0.300. The molecule has 1 aliphatic rings. The van der Waals surface area contributed by atoms with Gasteiger partial charge in [-0.1, -0.05) is 12.1 Å². The number of aromatic nitrogens is 1. The van der Waals surface area contributed by atoms with Gasteiger partial charge in [0.15, 0.2) is 0 Å². The Hall–Kier alpha value is -3.29. The maximum atomic E-state index is 12.9. The highest BCUT2D eigenvalue weighted by atomic mass is 19.1. The molecule has 1 fully saturated rings. The molecular weight excluding hydrogens is 363 g/mol. The normalized spacial score (nSPS) is 13.9. The van der Waals surface area contributed by atoms with Crippen LogP contribution in [0.2, 0.25) is 0 Å². The first-order valence-corrected chi connectivity index (χ1v) is 8.97. The molecule has 1 N–H and O–H groups in total. The van der Waals surface area contributed by atoms with Crippen molar-refractivity contribution in [3.8, 4) is 0 Å². The van der Waals surface area contributed by atoms with E-state index < -0.39 is 5.91 Å². The molecule has 7 nitrogen and oxygen atoms in total. The third-order valence-corrected chi connectivity index (χ3v) is 4.62. The number of amides is 3. The van der Waals surface area contributed by atoms with Crippen LogP contribution in [-0.4, -0.2) is 58.7 Å². The standard InChI is InChI=1S/C20H21FN4O3/c1-14(26)24-8-10-25(11-9-24)20(28)16-6-7-22-18(12-16)19(27)23-13-15-2-4-17(21)5-3-15/h2-7,12H,8-11,13H2,1H3,(H,23,27). The lowest BCUT2D eigenvalue weighted by molar-refractivity contribution is -0.130. The zero-order valence-electron chi connectivity index (χ0n) is 15.5. The van der Waals surface area contributed by atoms with Crippen molar-refractivity contribution in [3.05, 3.63) is 65.2 Å². The Kier molecular flexibility index (Phi) is 5.98. The summed E-state index contributed by atoms with van der Waals surface area (Å²) in [6, 6.07) is 8.85. The highest BCUT2D eigenvalue weighted by Gasteiger charge is 2.24. The number of nitrogens with one attached hydrogen (secondary N) is 1. The van der Waals surface area contributed by atoms with Crippen molar-refractivity contribution in [1.29, 1.82) is 0 Å². The number of nitrogens with zero attached hydrogens (tertiary/aromatic N) is 3. The van der Waals surface area contributed by atoms with Crippen LogP contribution in [0.15, 0.2) is 42.6 Å². The van der Waals surface area contributed by atoms with E-state index in [1.165, 1.54) is 31.3 Å². The van der Waals surface area contributed by atoms with E-state index in [9.17, 15) is 18.8 Å². The van der Waals surface area contributed by atoms with Crippen molar-refractivity contribution in [2.45, 2.75) is 13.5 Å². The lowest BCUT2D eigenvalue weighted by Gasteiger charge is -2.34. The molecule has 2 heterocycles. The Morgan fingerprint density at radius 1 is 1.04 bits per heavy atom. The molecule has 0 saturated carbocycles. The fourth-order valence-electron chi connectivity index (χ4n) is 2.97. The maximum Gasteiger partial charge on any atom is 0.270 e. The van der Waals surface area contributed by atoms with Gasteiger partial charge in [0.25, 0.3) is 11.8 Å². The van der Waals surface area contributed by atoms with Crippen LogP contribution in [0.5, 0.6) is 0 Å². The Balaban J connectivity index is 1.61. The summed E-state index contributed by atoms with van der Waals surface area (Å²) in [5.74, 6) is -0.957. The van der Waals surface area contributed by atoms with Crippen LogP contribution >= 0.6 is 0 Å². The van der Waals surface area contributed by atoms with Crippen molar-refractivity contribution in [2.24, 2.45) is 0 Å². The van der Waals surface area contributed by atoms with E-state index in [-0.39, 0.29) is 29.9 Å². The zero-order valence-corrected chi connectivity index (χ0v) is 15.5. The van der Waals surface area contributed by atoms with Gasteiger partial charge in [-0.05, 0) is 29.8 Å². The first kappa shape index (κ1) is 19.5. The second-order valence-electron chi connectivity index (χ2n) is 6.54. The Bertz CT molecular complexity index is 877. The van der Waals surface area contributed by atoms with Gasteiger partial charge in [0, 0.05) is 51.4 Å². The molecule has 28 heavy (non-hydrogen) atoms. The summed E-state index contributed by atoms with van der Waals surface area (Å²) in [7, 11) is 0. The number of carbonyl (C=O) groups excluding carboxylic acids is 3. The van der Waals surface area contributed by atoms with Crippen molar-refractivity contribution in [3.63, 3.8) is 0 Å². The van der Waals surface area contributed by atoms with Gasteiger partial charge < -0.3 is 15.1 Å². The van der Waals surface area contributed by atoms with Crippen LogP contribution in [-0.2, 0) is 11.3 Å². The van der Waals surface area contributed by atoms with Gasteiger partial charge in [-0.15, -0.1) is 0 Å². The number of benzene rings is 1. The number of pyridine rings is 1. The maximum absolute atomic E-state index is 12.9. The number of piperazine rings is 1. The predicted molar refractivity (Wildman–Crippen MR) is 100.0 cm³/mol. The lowest BCUT2D eigenvalue weighted by atomic mass is 10.1. The van der Waals surface area contributed by atoms with Gasteiger partial charge in [-0.25, -0.2) is 4.39 Å². The van der Waals surface area contributed by atoms with E-state index in [1.54, 1.807) is 28.0 Å². The van der Waals surface area contributed by atoms with Crippen LogP contribution in [0.4, 0.5) is 4.39 Å². The van der Waals surface area contributed by atoms with E-state index in [2.05, 4.69) is 10.3 Å². The van der Waals surface area contributed by atoms with Crippen molar-refractivity contribution in [2.75, 3.05) is 26.2 Å². The Morgan fingerprint density at radius 2 is 1.68 bits per heavy atom. The molecule has 0 bridgehead atoms. The lowest BCUT2D eigenvalue weighted by Crippen LogP contribution is -2.50. The summed E-state index contributed by atoms with van der Waals surface area (Å²) in [5, 5.41) is 2.71. The predicted octanol–water partition coefficient (Wildman–Crippen LogP) is 1.45. The molecule has 3 rings (SSSR count). The molecule has 1 aromatic heterocycles.